The highest BCUT2D eigenvalue weighted by Gasteiger charge is 2.03. The van der Waals surface area contributed by atoms with Gasteiger partial charge in [0.05, 0.1) is 17.2 Å². The highest BCUT2D eigenvalue weighted by atomic mass is 32.2. The standard InChI is InChI=1S/C12H17N7O2S2/c1-2-3-15-10(6-19(20)21)16-4-5-22-7-9-8-23-12(17-9)18-11(13)14/h1,6,8,15-16H,3-5,7H2,(H4,13,14,17,18)/b10-6-. The molecular weight excluding hydrogens is 338 g/mol. The SMILES string of the molecule is C#CCN/C(=C/[N+](=O)[O-])NCCSCc1csc(N=C(N)N)n1. The Labute approximate surface area is 141 Å². The van der Waals surface area contributed by atoms with Crippen LogP contribution in [0.5, 0.6) is 0 Å². The minimum atomic E-state index is -0.542. The fourth-order valence-corrected chi connectivity index (χ4v) is 2.92. The van der Waals surface area contributed by atoms with Crippen LogP contribution >= 0.6 is 23.1 Å². The summed E-state index contributed by atoms with van der Waals surface area (Å²) < 4.78 is 0. The lowest BCUT2D eigenvalue weighted by Gasteiger charge is -2.08. The second-order valence-corrected chi connectivity index (χ2v) is 5.96. The molecule has 0 atom stereocenters. The van der Waals surface area contributed by atoms with Crippen molar-refractivity contribution in [1.29, 1.82) is 0 Å². The summed E-state index contributed by atoms with van der Waals surface area (Å²) in [6.45, 7) is 0.763. The molecule has 0 spiro atoms. The van der Waals surface area contributed by atoms with Crippen LogP contribution in [0.1, 0.15) is 5.69 Å². The number of aliphatic imine (C=N–C) groups is 1. The molecule has 0 radical (unpaired) electrons. The lowest BCUT2D eigenvalue weighted by atomic mass is 10.6. The van der Waals surface area contributed by atoms with Crippen molar-refractivity contribution in [3.05, 3.63) is 33.2 Å². The Balaban J connectivity index is 2.31. The van der Waals surface area contributed by atoms with Crippen molar-refractivity contribution in [2.75, 3.05) is 18.8 Å². The van der Waals surface area contributed by atoms with Crippen molar-refractivity contribution in [3.8, 4) is 12.3 Å². The third-order valence-electron chi connectivity index (χ3n) is 2.19. The number of rotatable bonds is 10. The molecule has 23 heavy (non-hydrogen) atoms. The highest BCUT2D eigenvalue weighted by molar-refractivity contribution is 7.98. The lowest BCUT2D eigenvalue weighted by molar-refractivity contribution is -0.404. The van der Waals surface area contributed by atoms with Crippen molar-refractivity contribution in [2.24, 2.45) is 16.5 Å². The van der Waals surface area contributed by atoms with Crippen molar-refractivity contribution in [2.45, 2.75) is 5.75 Å². The van der Waals surface area contributed by atoms with E-state index in [1.165, 1.54) is 11.3 Å². The lowest BCUT2D eigenvalue weighted by Crippen LogP contribution is -2.29. The van der Waals surface area contributed by atoms with Gasteiger partial charge in [-0.2, -0.15) is 16.8 Å². The summed E-state index contributed by atoms with van der Waals surface area (Å²) in [7, 11) is 0. The van der Waals surface area contributed by atoms with Gasteiger partial charge in [0.15, 0.2) is 11.8 Å². The topological polar surface area (TPSA) is 144 Å². The molecule has 0 bridgehead atoms. The molecule has 0 saturated carbocycles. The first-order chi connectivity index (χ1) is 11.0. The minimum Gasteiger partial charge on any atom is -0.370 e. The number of terminal acetylenes is 1. The summed E-state index contributed by atoms with van der Waals surface area (Å²) in [5.41, 5.74) is 11.4. The normalized spacial score (nSPS) is 10.7. The molecule has 0 amide bonds. The van der Waals surface area contributed by atoms with Crippen LogP contribution in [-0.2, 0) is 5.75 Å². The number of thiazole rings is 1. The Morgan fingerprint density at radius 3 is 3.04 bits per heavy atom. The molecule has 0 saturated heterocycles. The van der Waals surface area contributed by atoms with Crippen molar-refractivity contribution >= 4 is 34.2 Å². The van der Waals surface area contributed by atoms with Gasteiger partial charge in [0.25, 0.3) is 6.20 Å². The second kappa shape index (κ2) is 10.3. The minimum absolute atomic E-state index is 0.0210. The Morgan fingerprint density at radius 1 is 1.61 bits per heavy atom. The highest BCUT2D eigenvalue weighted by Crippen LogP contribution is 2.21. The predicted octanol–water partition coefficient (Wildman–Crippen LogP) is 0.169. The molecule has 1 aromatic heterocycles. The molecule has 0 aliphatic rings. The molecule has 0 aliphatic carbocycles. The molecule has 0 aromatic carbocycles. The third-order valence-corrected chi connectivity index (χ3v) is 3.97. The van der Waals surface area contributed by atoms with Gasteiger partial charge in [0.1, 0.15) is 0 Å². The van der Waals surface area contributed by atoms with Crippen LogP contribution < -0.4 is 22.1 Å². The van der Waals surface area contributed by atoms with Crippen LogP contribution in [0.4, 0.5) is 5.13 Å². The van der Waals surface area contributed by atoms with Gasteiger partial charge >= 0.3 is 0 Å². The maximum Gasteiger partial charge on any atom is 0.274 e. The van der Waals surface area contributed by atoms with Crippen molar-refractivity contribution in [3.63, 3.8) is 0 Å². The van der Waals surface area contributed by atoms with Gasteiger partial charge in [-0.05, 0) is 0 Å². The number of hydrogen-bond acceptors (Lipinski definition) is 8. The van der Waals surface area contributed by atoms with Crippen LogP contribution in [0.15, 0.2) is 22.4 Å². The van der Waals surface area contributed by atoms with Gasteiger partial charge in [-0.3, -0.25) is 10.1 Å². The van der Waals surface area contributed by atoms with Crippen LogP contribution in [-0.4, -0.2) is 34.7 Å². The molecule has 1 rings (SSSR count). The number of thioether (sulfide) groups is 1. The summed E-state index contributed by atoms with van der Waals surface area (Å²) in [6, 6.07) is 0. The fourth-order valence-electron chi connectivity index (χ4n) is 1.36. The Kier molecular flexibility index (Phi) is 8.33. The summed E-state index contributed by atoms with van der Waals surface area (Å²) in [4.78, 5) is 18.1. The van der Waals surface area contributed by atoms with E-state index >= 15 is 0 Å². The number of nitro groups is 1. The van der Waals surface area contributed by atoms with Gasteiger partial charge in [0, 0.05) is 23.4 Å². The number of nitrogens with one attached hydrogen (secondary N) is 2. The molecule has 0 unspecified atom stereocenters. The molecule has 0 aliphatic heterocycles. The summed E-state index contributed by atoms with van der Waals surface area (Å²) in [5.74, 6) is 4.06. The monoisotopic (exact) mass is 355 g/mol. The predicted molar refractivity (Wildman–Crippen MR) is 93.7 cm³/mol. The second-order valence-electron chi connectivity index (χ2n) is 4.02. The number of guanidine groups is 1. The molecule has 0 fully saturated rings. The average Bonchev–Trinajstić information content (AvgIpc) is 2.90. The van der Waals surface area contributed by atoms with E-state index in [2.05, 4.69) is 26.5 Å². The molecular formula is C12H17N7O2S2. The molecule has 11 heteroatoms. The number of nitrogens with two attached hydrogens (primary N) is 2. The number of aromatic nitrogens is 1. The molecule has 1 heterocycles. The molecule has 1 aromatic rings. The first-order valence-electron chi connectivity index (χ1n) is 6.39. The Bertz CT molecular complexity index is 617. The zero-order valence-electron chi connectivity index (χ0n) is 12.2. The maximum absolute atomic E-state index is 10.5. The Morgan fingerprint density at radius 2 is 2.39 bits per heavy atom. The molecule has 9 nitrogen and oxygen atoms in total. The maximum atomic E-state index is 10.5. The summed E-state index contributed by atoms with van der Waals surface area (Å²) >= 11 is 2.99. The first kappa shape index (κ1) is 18.6. The van der Waals surface area contributed by atoms with E-state index in [9.17, 15) is 10.1 Å². The molecule has 6 N–H and O–H groups in total. The zero-order valence-corrected chi connectivity index (χ0v) is 13.8. The first-order valence-corrected chi connectivity index (χ1v) is 8.43. The van der Waals surface area contributed by atoms with Crippen molar-refractivity contribution in [1.82, 2.24) is 15.6 Å². The quantitative estimate of drug-likeness (QED) is 0.116. The van der Waals surface area contributed by atoms with Gasteiger partial charge in [-0.25, -0.2) is 4.98 Å². The van der Waals surface area contributed by atoms with Crippen LogP contribution in [0.2, 0.25) is 0 Å². The third kappa shape index (κ3) is 8.54. The van der Waals surface area contributed by atoms with Crippen molar-refractivity contribution < 1.29 is 4.92 Å². The largest absolute Gasteiger partial charge is 0.370 e. The van der Waals surface area contributed by atoms with Gasteiger partial charge in [0.2, 0.25) is 5.13 Å². The smallest absolute Gasteiger partial charge is 0.274 e. The fraction of sp³-hybridized carbons (Fsp3) is 0.333. The number of nitrogens with zero attached hydrogens (tertiary/aromatic N) is 3. The van der Waals surface area contributed by atoms with Gasteiger partial charge in [-0.1, -0.05) is 5.92 Å². The van der Waals surface area contributed by atoms with E-state index in [1.54, 1.807) is 11.8 Å². The van der Waals surface area contributed by atoms with E-state index in [-0.39, 0.29) is 18.3 Å². The average molecular weight is 355 g/mol. The van der Waals surface area contributed by atoms with Gasteiger partial charge < -0.3 is 22.1 Å². The Hall–Kier alpha value is -2.45. The van der Waals surface area contributed by atoms with Crippen LogP contribution in [0.25, 0.3) is 0 Å². The van der Waals surface area contributed by atoms with E-state index in [0.717, 1.165) is 17.6 Å². The zero-order chi connectivity index (χ0) is 17.1. The van der Waals surface area contributed by atoms with E-state index in [0.29, 0.717) is 17.4 Å². The van der Waals surface area contributed by atoms with Crippen LogP contribution in [0, 0.1) is 22.5 Å². The van der Waals surface area contributed by atoms with Gasteiger partial charge in [-0.15, -0.1) is 17.8 Å². The summed E-state index contributed by atoms with van der Waals surface area (Å²) in [5, 5.41) is 18.6. The van der Waals surface area contributed by atoms with Crippen LogP contribution in [0.3, 0.4) is 0 Å². The molecule has 124 valence electrons. The van der Waals surface area contributed by atoms with E-state index in [4.69, 9.17) is 17.9 Å². The van der Waals surface area contributed by atoms with E-state index < -0.39 is 4.92 Å². The van der Waals surface area contributed by atoms with E-state index in [1.807, 2.05) is 5.38 Å². The number of hydrogen-bond donors (Lipinski definition) is 4. The summed E-state index contributed by atoms with van der Waals surface area (Å²) in [6.07, 6.45) is 5.96.